The number of rotatable bonds is 3. The first-order valence-corrected chi connectivity index (χ1v) is 6.80. The summed E-state index contributed by atoms with van der Waals surface area (Å²) < 4.78 is 6.74. The molecule has 7 heteroatoms. The minimum atomic E-state index is -0.429. The quantitative estimate of drug-likeness (QED) is 0.432. The maximum absolute atomic E-state index is 10.6. The molecule has 0 amide bonds. The van der Waals surface area contributed by atoms with Crippen LogP contribution >= 0.6 is 31.9 Å². The lowest BCUT2D eigenvalue weighted by atomic mass is 10.2. The number of aryl methyl sites for hydroxylation is 1. The summed E-state index contributed by atoms with van der Waals surface area (Å²) >= 11 is 6.54. The third-order valence-electron chi connectivity index (χ3n) is 2.39. The molecule has 0 aliphatic heterocycles. The van der Waals surface area contributed by atoms with Crippen LogP contribution in [-0.2, 0) is 0 Å². The lowest BCUT2D eigenvalue weighted by Crippen LogP contribution is -1.88. The molecular formula is C12H8Br2N2O3. The van der Waals surface area contributed by atoms with Crippen molar-refractivity contribution in [1.29, 1.82) is 0 Å². The molecule has 0 atom stereocenters. The van der Waals surface area contributed by atoms with E-state index in [0.29, 0.717) is 16.1 Å². The van der Waals surface area contributed by atoms with Gasteiger partial charge in [0.2, 0.25) is 0 Å². The minimum Gasteiger partial charge on any atom is -0.447 e. The van der Waals surface area contributed by atoms with Gasteiger partial charge in [0.1, 0.15) is 5.76 Å². The molecule has 0 N–H and O–H groups in total. The number of benzene rings is 1. The highest BCUT2D eigenvalue weighted by Crippen LogP contribution is 2.27. The Morgan fingerprint density at radius 3 is 2.63 bits per heavy atom. The molecule has 19 heavy (non-hydrogen) atoms. The molecule has 2 aromatic rings. The second-order valence-corrected chi connectivity index (χ2v) is 5.33. The van der Waals surface area contributed by atoms with Crippen LogP contribution in [0, 0.1) is 17.0 Å². The van der Waals surface area contributed by atoms with Gasteiger partial charge in [-0.1, -0.05) is 0 Å². The third kappa shape index (κ3) is 3.30. The van der Waals surface area contributed by atoms with E-state index in [0.717, 1.165) is 10.0 Å². The topological polar surface area (TPSA) is 68.6 Å². The molecule has 0 radical (unpaired) electrons. The number of hydrogen-bond acceptors (Lipinski definition) is 4. The van der Waals surface area contributed by atoms with Gasteiger partial charge >= 0.3 is 0 Å². The van der Waals surface area contributed by atoms with E-state index in [1.807, 2.05) is 0 Å². The van der Waals surface area contributed by atoms with Crippen LogP contribution in [0.1, 0.15) is 11.3 Å². The van der Waals surface area contributed by atoms with Crippen molar-refractivity contribution in [2.45, 2.75) is 6.92 Å². The third-order valence-corrected chi connectivity index (χ3v) is 4.10. The number of furan rings is 1. The summed E-state index contributed by atoms with van der Waals surface area (Å²) in [6.45, 7) is 1.77. The molecule has 1 aromatic heterocycles. The van der Waals surface area contributed by atoms with Crippen LogP contribution < -0.4 is 0 Å². The molecule has 0 aliphatic carbocycles. The number of nitrogens with zero attached hydrogens (tertiary/aromatic N) is 2. The fourth-order valence-corrected chi connectivity index (χ4v) is 2.07. The van der Waals surface area contributed by atoms with Crippen LogP contribution in [0.4, 0.5) is 11.4 Å². The summed E-state index contributed by atoms with van der Waals surface area (Å²) in [7, 11) is 0. The van der Waals surface area contributed by atoms with Crippen LogP contribution in [0.25, 0.3) is 0 Å². The molecule has 0 bridgehead atoms. The molecule has 2 rings (SSSR count). The second kappa shape index (κ2) is 5.66. The molecular weight excluding hydrogens is 380 g/mol. The predicted molar refractivity (Wildman–Crippen MR) is 79.2 cm³/mol. The summed E-state index contributed by atoms with van der Waals surface area (Å²) in [4.78, 5) is 14.4. The van der Waals surface area contributed by atoms with E-state index >= 15 is 0 Å². The predicted octanol–water partition coefficient (Wildman–Crippen LogP) is 4.77. The van der Waals surface area contributed by atoms with Crippen molar-refractivity contribution < 1.29 is 9.34 Å². The number of nitro benzene ring substituents is 1. The van der Waals surface area contributed by atoms with E-state index in [9.17, 15) is 10.1 Å². The van der Waals surface area contributed by atoms with Crippen molar-refractivity contribution in [3.63, 3.8) is 0 Å². The standard InChI is InChI=1S/C12H8Br2N2O3/c1-7-4-8(16(17)18)2-3-11(7)15-6-9-5-10(13)12(14)19-9/h2-6H,1H3. The molecule has 1 heterocycles. The van der Waals surface area contributed by atoms with Gasteiger partial charge in [-0.15, -0.1) is 0 Å². The smallest absolute Gasteiger partial charge is 0.269 e. The molecule has 0 aliphatic rings. The molecule has 1 aromatic carbocycles. The Labute approximate surface area is 125 Å². The van der Waals surface area contributed by atoms with E-state index in [-0.39, 0.29) is 5.69 Å². The van der Waals surface area contributed by atoms with Crippen LogP contribution in [0.5, 0.6) is 0 Å². The van der Waals surface area contributed by atoms with Crippen molar-refractivity contribution in [2.75, 3.05) is 0 Å². The fraction of sp³-hybridized carbons (Fsp3) is 0.0833. The zero-order valence-corrected chi connectivity index (χ0v) is 12.9. The Kier molecular flexibility index (Phi) is 4.16. The fourth-order valence-electron chi connectivity index (χ4n) is 1.46. The van der Waals surface area contributed by atoms with E-state index in [2.05, 4.69) is 36.9 Å². The minimum absolute atomic E-state index is 0.0555. The number of nitro groups is 1. The van der Waals surface area contributed by atoms with Gasteiger partial charge in [0.15, 0.2) is 4.67 Å². The zero-order valence-electron chi connectivity index (χ0n) is 9.76. The first kappa shape index (κ1) is 14.0. The summed E-state index contributed by atoms with van der Waals surface area (Å²) in [5.74, 6) is 0.580. The monoisotopic (exact) mass is 386 g/mol. The van der Waals surface area contributed by atoms with Crippen molar-refractivity contribution in [2.24, 2.45) is 4.99 Å². The molecule has 98 valence electrons. The highest BCUT2D eigenvalue weighted by atomic mass is 79.9. The first-order valence-electron chi connectivity index (χ1n) is 5.21. The number of non-ortho nitro benzene ring substituents is 1. The van der Waals surface area contributed by atoms with Gasteiger partial charge in [-0.05, 0) is 50.4 Å². The Morgan fingerprint density at radius 2 is 2.11 bits per heavy atom. The first-order chi connectivity index (χ1) is 8.97. The summed E-state index contributed by atoms with van der Waals surface area (Å²) in [6, 6.07) is 6.29. The van der Waals surface area contributed by atoms with Crippen LogP contribution in [-0.4, -0.2) is 11.1 Å². The molecule has 5 nitrogen and oxygen atoms in total. The average molecular weight is 388 g/mol. The number of aliphatic imine (C=N–C) groups is 1. The Morgan fingerprint density at radius 1 is 1.37 bits per heavy atom. The van der Waals surface area contributed by atoms with Gasteiger partial charge in [0, 0.05) is 18.2 Å². The summed E-state index contributed by atoms with van der Waals surface area (Å²) in [5, 5.41) is 10.6. The zero-order chi connectivity index (χ0) is 14.0. The van der Waals surface area contributed by atoms with Gasteiger partial charge in [-0.2, -0.15) is 0 Å². The van der Waals surface area contributed by atoms with Gasteiger partial charge < -0.3 is 4.42 Å². The van der Waals surface area contributed by atoms with Crippen molar-refractivity contribution in [3.05, 3.63) is 54.8 Å². The molecule has 0 unspecified atom stereocenters. The van der Waals surface area contributed by atoms with Gasteiger partial charge in [-0.25, -0.2) is 0 Å². The highest BCUT2D eigenvalue weighted by molar-refractivity contribution is 9.13. The highest BCUT2D eigenvalue weighted by Gasteiger charge is 2.08. The van der Waals surface area contributed by atoms with Gasteiger partial charge in [0.05, 0.1) is 21.3 Å². The van der Waals surface area contributed by atoms with Crippen molar-refractivity contribution in [1.82, 2.24) is 0 Å². The molecule has 0 fully saturated rings. The lowest BCUT2D eigenvalue weighted by Gasteiger charge is -1.98. The lowest BCUT2D eigenvalue weighted by molar-refractivity contribution is -0.384. The summed E-state index contributed by atoms with van der Waals surface area (Å²) in [6.07, 6.45) is 1.56. The van der Waals surface area contributed by atoms with Crippen LogP contribution in [0.3, 0.4) is 0 Å². The van der Waals surface area contributed by atoms with Crippen LogP contribution in [0.15, 0.2) is 42.8 Å². The van der Waals surface area contributed by atoms with E-state index in [4.69, 9.17) is 4.42 Å². The largest absolute Gasteiger partial charge is 0.447 e. The maximum Gasteiger partial charge on any atom is 0.269 e. The van der Waals surface area contributed by atoms with E-state index in [1.54, 1.807) is 25.3 Å². The molecule has 0 saturated heterocycles. The Balaban J connectivity index is 2.26. The van der Waals surface area contributed by atoms with Crippen molar-refractivity contribution >= 4 is 49.4 Å². The van der Waals surface area contributed by atoms with E-state index in [1.165, 1.54) is 12.1 Å². The number of halogens is 2. The average Bonchev–Trinajstić information content (AvgIpc) is 2.67. The Bertz CT molecular complexity index is 645. The van der Waals surface area contributed by atoms with Crippen LogP contribution in [0.2, 0.25) is 0 Å². The SMILES string of the molecule is Cc1cc([N+](=O)[O-])ccc1N=Cc1cc(Br)c(Br)o1. The normalized spacial score (nSPS) is 11.1. The van der Waals surface area contributed by atoms with E-state index < -0.39 is 4.92 Å². The molecule has 0 spiro atoms. The Hall–Kier alpha value is -1.47. The number of hydrogen-bond donors (Lipinski definition) is 0. The van der Waals surface area contributed by atoms with Gasteiger partial charge in [0.25, 0.3) is 5.69 Å². The van der Waals surface area contributed by atoms with Gasteiger partial charge in [-0.3, -0.25) is 15.1 Å². The second-order valence-electron chi connectivity index (χ2n) is 3.76. The van der Waals surface area contributed by atoms with Crippen molar-refractivity contribution in [3.8, 4) is 0 Å². The maximum atomic E-state index is 10.6. The summed E-state index contributed by atoms with van der Waals surface area (Å²) in [5.41, 5.74) is 1.45. The molecule has 0 saturated carbocycles.